The highest BCUT2D eigenvalue weighted by Gasteiger charge is 2.37. The third-order valence-corrected chi connectivity index (χ3v) is 13.2. The van der Waals surface area contributed by atoms with Crippen LogP contribution in [0.4, 0.5) is 17.1 Å². The van der Waals surface area contributed by atoms with E-state index >= 15 is 0 Å². The highest BCUT2D eigenvalue weighted by Crippen LogP contribution is 2.53. The zero-order valence-corrected chi connectivity index (χ0v) is 34.4. The van der Waals surface area contributed by atoms with Crippen LogP contribution in [-0.4, -0.2) is 9.97 Å². The van der Waals surface area contributed by atoms with E-state index in [4.69, 9.17) is 18.8 Å². The zero-order valence-electron chi connectivity index (χ0n) is 34.4. The number of para-hydroxylation sites is 4. The van der Waals surface area contributed by atoms with Crippen molar-refractivity contribution in [3.05, 3.63) is 198 Å². The molecule has 12 rings (SSSR count). The fourth-order valence-corrected chi connectivity index (χ4v) is 9.99. The molecule has 2 aromatic heterocycles. The monoisotopic (exact) mass is 787 g/mol. The Morgan fingerprint density at radius 1 is 0.361 bits per heavy atom. The first-order valence-electron chi connectivity index (χ1n) is 21.0. The summed E-state index contributed by atoms with van der Waals surface area (Å²) in [6.07, 6.45) is 0. The SMILES string of the molecule is CC1(C)c2ccccc2-c2ccc(N(c3ccc(-c4cc(-c5nc6ccccc6o5)ccc4-c4nc5ccccc5o4)cc3)c3ccc4c(c3)C(C)(C)c3ccccc3-4)cc21. The molecule has 0 spiro atoms. The third kappa shape index (κ3) is 5.40. The number of rotatable bonds is 6. The number of anilines is 3. The second-order valence-corrected chi connectivity index (χ2v) is 17.4. The van der Waals surface area contributed by atoms with Crippen molar-refractivity contribution in [2.75, 3.05) is 4.90 Å². The van der Waals surface area contributed by atoms with Crippen molar-refractivity contribution in [2.45, 2.75) is 38.5 Å². The van der Waals surface area contributed by atoms with Gasteiger partial charge < -0.3 is 13.7 Å². The van der Waals surface area contributed by atoms with E-state index in [0.29, 0.717) is 11.8 Å². The lowest BCUT2D eigenvalue weighted by atomic mass is 9.82. The van der Waals surface area contributed by atoms with Crippen molar-refractivity contribution in [1.29, 1.82) is 0 Å². The molecule has 2 aliphatic carbocycles. The molecule has 292 valence electrons. The summed E-state index contributed by atoms with van der Waals surface area (Å²) in [4.78, 5) is 12.2. The van der Waals surface area contributed by atoms with Gasteiger partial charge in [0.1, 0.15) is 11.0 Å². The molecule has 5 nitrogen and oxygen atoms in total. The topological polar surface area (TPSA) is 55.3 Å². The summed E-state index contributed by atoms with van der Waals surface area (Å²) in [6, 6.07) is 62.6. The predicted octanol–water partition coefficient (Wildman–Crippen LogP) is 15.1. The first-order chi connectivity index (χ1) is 29.7. The van der Waals surface area contributed by atoms with Crippen LogP contribution in [0.5, 0.6) is 0 Å². The summed E-state index contributed by atoms with van der Waals surface area (Å²) in [5.41, 5.74) is 20.6. The smallest absolute Gasteiger partial charge is 0.227 e. The second kappa shape index (κ2) is 13.0. The maximum atomic E-state index is 6.38. The molecule has 0 saturated heterocycles. The Kier molecular flexibility index (Phi) is 7.55. The molecule has 0 atom stereocenters. The summed E-state index contributed by atoms with van der Waals surface area (Å²) in [5, 5.41) is 0. The maximum absolute atomic E-state index is 6.38. The minimum Gasteiger partial charge on any atom is -0.436 e. The molecular weight excluding hydrogens is 747 g/mol. The Bertz CT molecular complexity index is 3210. The van der Waals surface area contributed by atoms with Gasteiger partial charge in [-0.15, -0.1) is 0 Å². The summed E-state index contributed by atoms with van der Waals surface area (Å²) < 4.78 is 12.6. The van der Waals surface area contributed by atoms with E-state index in [1.54, 1.807) is 0 Å². The molecule has 61 heavy (non-hydrogen) atoms. The van der Waals surface area contributed by atoms with Gasteiger partial charge in [-0.25, -0.2) is 9.97 Å². The Morgan fingerprint density at radius 2 is 0.803 bits per heavy atom. The minimum absolute atomic E-state index is 0.139. The molecule has 0 aliphatic heterocycles. The van der Waals surface area contributed by atoms with Crippen molar-refractivity contribution in [3.63, 3.8) is 0 Å². The molecule has 8 aromatic carbocycles. The largest absolute Gasteiger partial charge is 0.436 e. The predicted molar refractivity (Wildman–Crippen MR) is 248 cm³/mol. The van der Waals surface area contributed by atoms with Crippen molar-refractivity contribution in [3.8, 4) is 56.3 Å². The van der Waals surface area contributed by atoms with Gasteiger partial charge >= 0.3 is 0 Å². The Labute approximate surface area is 354 Å². The molecule has 0 fully saturated rings. The van der Waals surface area contributed by atoms with Gasteiger partial charge in [0.25, 0.3) is 0 Å². The molecule has 2 aliphatic rings. The van der Waals surface area contributed by atoms with Gasteiger partial charge in [0.15, 0.2) is 11.2 Å². The highest BCUT2D eigenvalue weighted by molar-refractivity contribution is 5.91. The molecule has 0 saturated carbocycles. The lowest BCUT2D eigenvalue weighted by Gasteiger charge is -2.30. The molecule has 10 aromatic rings. The fraction of sp³-hybridized carbons (Fsp3) is 0.107. The number of benzene rings is 8. The second-order valence-electron chi connectivity index (χ2n) is 17.4. The van der Waals surface area contributed by atoms with Crippen LogP contribution >= 0.6 is 0 Å². The van der Waals surface area contributed by atoms with Crippen molar-refractivity contribution < 1.29 is 8.83 Å². The average Bonchev–Trinajstić information content (AvgIpc) is 4.04. The van der Waals surface area contributed by atoms with E-state index in [2.05, 4.69) is 154 Å². The van der Waals surface area contributed by atoms with Gasteiger partial charge in [0.2, 0.25) is 11.8 Å². The van der Waals surface area contributed by atoms with Crippen LogP contribution in [0.2, 0.25) is 0 Å². The van der Waals surface area contributed by atoms with Crippen LogP contribution in [0, 0.1) is 0 Å². The third-order valence-electron chi connectivity index (χ3n) is 13.2. The van der Waals surface area contributed by atoms with Gasteiger partial charge in [0.05, 0.1) is 0 Å². The number of oxazole rings is 2. The summed E-state index contributed by atoms with van der Waals surface area (Å²) in [6.45, 7) is 9.39. The van der Waals surface area contributed by atoms with Crippen LogP contribution in [0.25, 0.3) is 78.5 Å². The standard InChI is InChI=1S/C56H41N3O2/c1-55(2)45-15-7-5-13-39(45)41-29-26-37(32-47(41)55)59(38-27-30-42-40-14-6-8-16-46(40)56(3,4)48(42)33-38)36-24-21-34(22-25-36)44-31-35(53-57-49-17-9-11-19-51(49)60-53)23-28-43(44)54-58-50-18-10-12-20-52(50)61-54/h5-33H,1-4H3. The van der Waals surface area contributed by atoms with Gasteiger partial charge in [-0.05, 0) is 134 Å². The number of hydrogen-bond acceptors (Lipinski definition) is 5. The number of hydrogen-bond donors (Lipinski definition) is 0. The summed E-state index contributed by atoms with van der Waals surface area (Å²) in [7, 11) is 0. The highest BCUT2D eigenvalue weighted by atomic mass is 16.4. The molecule has 0 unspecified atom stereocenters. The molecule has 2 heterocycles. The Hall–Kier alpha value is -7.50. The van der Waals surface area contributed by atoms with Crippen LogP contribution in [0.1, 0.15) is 49.9 Å². The van der Waals surface area contributed by atoms with Crippen molar-refractivity contribution in [2.24, 2.45) is 0 Å². The fourth-order valence-electron chi connectivity index (χ4n) is 9.99. The minimum atomic E-state index is -0.139. The van der Waals surface area contributed by atoms with E-state index in [9.17, 15) is 0 Å². The molecule has 0 radical (unpaired) electrons. The van der Waals surface area contributed by atoms with Crippen LogP contribution < -0.4 is 4.90 Å². The van der Waals surface area contributed by atoms with Gasteiger partial charge in [-0.1, -0.05) is 125 Å². The molecule has 5 heteroatoms. The van der Waals surface area contributed by atoms with Crippen molar-refractivity contribution in [1.82, 2.24) is 9.97 Å². The Morgan fingerprint density at radius 3 is 1.38 bits per heavy atom. The first kappa shape index (κ1) is 35.4. The van der Waals surface area contributed by atoms with E-state index in [0.717, 1.165) is 61.5 Å². The van der Waals surface area contributed by atoms with Crippen LogP contribution in [0.3, 0.4) is 0 Å². The lowest BCUT2D eigenvalue weighted by molar-refractivity contribution is 0.618. The lowest BCUT2D eigenvalue weighted by Crippen LogP contribution is -2.18. The van der Waals surface area contributed by atoms with Gasteiger partial charge in [0, 0.05) is 39.0 Å². The van der Waals surface area contributed by atoms with E-state index in [1.807, 2.05) is 54.6 Å². The first-order valence-corrected chi connectivity index (χ1v) is 21.0. The van der Waals surface area contributed by atoms with E-state index in [-0.39, 0.29) is 10.8 Å². The quantitative estimate of drug-likeness (QED) is 0.168. The van der Waals surface area contributed by atoms with Crippen molar-refractivity contribution >= 4 is 39.3 Å². The van der Waals surface area contributed by atoms with E-state index < -0.39 is 0 Å². The average molecular weight is 788 g/mol. The number of nitrogens with zero attached hydrogens (tertiary/aromatic N) is 3. The van der Waals surface area contributed by atoms with Gasteiger partial charge in [-0.2, -0.15) is 0 Å². The molecule has 0 amide bonds. The zero-order chi connectivity index (χ0) is 41.0. The number of fused-ring (bicyclic) bond motifs is 8. The summed E-state index contributed by atoms with van der Waals surface area (Å²) in [5.74, 6) is 1.13. The number of aromatic nitrogens is 2. The maximum Gasteiger partial charge on any atom is 0.227 e. The molecular formula is C56H41N3O2. The van der Waals surface area contributed by atoms with Gasteiger partial charge in [-0.3, -0.25) is 0 Å². The van der Waals surface area contributed by atoms with Crippen LogP contribution in [0.15, 0.2) is 185 Å². The molecule has 0 bridgehead atoms. The van der Waals surface area contributed by atoms with Crippen LogP contribution in [-0.2, 0) is 10.8 Å². The normalized spacial score (nSPS) is 14.2. The Balaban J connectivity index is 1.01. The molecule has 0 N–H and O–H groups in total. The summed E-state index contributed by atoms with van der Waals surface area (Å²) >= 11 is 0. The van der Waals surface area contributed by atoms with E-state index in [1.165, 1.54) is 44.5 Å².